The molecule has 0 spiro atoms. The van der Waals surface area contributed by atoms with Crippen molar-refractivity contribution in [3.63, 3.8) is 0 Å². The zero-order valence-corrected chi connectivity index (χ0v) is 27.6. The molecule has 7 nitrogen and oxygen atoms in total. The van der Waals surface area contributed by atoms with Gasteiger partial charge < -0.3 is 20.1 Å². The Morgan fingerprint density at radius 3 is 1.19 bits per heavy atom. The van der Waals surface area contributed by atoms with E-state index in [0.717, 1.165) is 32.1 Å². The summed E-state index contributed by atoms with van der Waals surface area (Å²) in [6, 6.07) is -3.38. The molecule has 0 rings (SSSR count). The lowest BCUT2D eigenvalue weighted by Gasteiger charge is -2.51. The lowest BCUT2D eigenvalue weighted by atomic mass is 9.93. The van der Waals surface area contributed by atoms with Gasteiger partial charge in [0.05, 0.1) is 12.5 Å². The van der Waals surface area contributed by atoms with Crippen LogP contribution in [-0.2, 0) is 14.4 Å². The lowest BCUT2D eigenvalue weighted by molar-refractivity contribution is -0.974. The number of aliphatic carboxylic acids is 3. The van der Waals surface area contributed by atoms with Crippen LogP contribution in [0.2, 0.25) is 0 Å². The number of rotatable bonds is 30. The second-order valence-electron chi connectivity index (χ2n) is 12.2. The molecular formula is C35H65NO6. The van der Waals surface area contributed by atoms with Gasteiger partial charge in [0.15, 0.2) is 12.1 Å². The quantitative estimate of drug-likeness (QED) is 0.0493. The summed E-state index contributed by atoms with van der Waals surface area (Å²) in [6.07, 6.45) is 28.1. The number of allylic oxidation sites excluding steroid dienone is 2. The van der Waals surface area contributed by atoms with E-state index < -0.39 is 40.5 Å². The van der Waals surface area contributed by atoms with Crippen LogP contribution in [0.5, 0.6) is 0 Å². The van der Waals surface area contributed by atoms with E-state index in [0.29, 0.717) is 6.42 Å². The Kier molecular flexibility index (Phi) is 24.4. The number of unbranched alkanes of at least 4 members (excludes halogenated alkanes) is 17. The van der Waals surface area contributed by atoms with E-state index in [2.05, 4.69) is 19.1 Å². The summed E-state index contributed by atoms with van der Waals surface area (Å²) in [7, 11) is 0. The summed E-state index contributed by atoms with van der Waals surface area (Å²) in [6.45, 7) is 7.53. The molecule has 0 saturated carbocycles. The number of carboxylic acid groups (broad SMARTS) is 3. The van der Waals surface area contributed by atoms with E-state index >= 15 is 0 Å². The molecule has 246 valence electrons. The maximum Gasteiger partial charge on any atom is 0.362 e. The number of quaternary nitrogens is 1. The molecule has 7 heteroatoms. The smallest absolute Gasteiger partial charge is 0.362 e. The molecule has 0 saturated heterocycles. The summed E-state index contributed by atoms with van der Waals surface area (Å²) < 4.78 is -0.469. The maximum atomic E-state index is 12.3. The van der Waals surface area contributed by atoms with Crippen molar-refractivity contribution in [1.29, 1.82) is 0 Å². The van der Waals surface area contributed by atoms with Crippen molar-refractivity contribution in [2.75, 3.05) is 6.54 Å². The third-order valence-electron chi connectivity index (χ3n) is 9.05. The van der Waals surface area contributed by atoms with Gasteiger partial charge in [-0.2, -0.15) is 0 Å². The highest BCUT2D eigenvalue weighted by atomic mass is 16.4. The van der Waals surface area contributed by atoms with Crippen molar-refractivity contribution >= 4 is 17.9 Å². The molecule has 0 radical (unpaired) electrons. The Morgan fingerprint density at radius 1 is 0.548 bits per heavy atom. The normalized spacial score (nSPS) is 15.3. The first-order chi connectivity index (χ1) is 20.2. The fourth-order valence-corrected chi connectivity index (χ4v) is 6.78. The molecule has 3 atom stereocenters. The number of hydrogen-bond acceptors (Lipinski definition) is 4. The molecule has 3 unspecified atom stereocenters. The largest absolute Gasteiger partial charge is 0.544 e. The van der Waals surface area contributed by atoms with Crippen LogP contribution >= 0.6 is 0 Å². The molecule has 0 aliphatic rings. The molecule has 0 aromatic rings. The number of carbonyl (C=O) groups is 3. The highest BCUT2D eigenvalue weighted by molar-refractivity contribution is 5.77. The average Bonchev–Trinajstić information content (AvgIpc) is 2.94. The second-order valence-corrected chi connectivity index (χ2v) is 12.2. The van der Waals surface area contributed by atoms with Crippen LogP contribution in [-0.4, -0.2) is 57.3 Å². The third kappa shape index (κ3) is 15.5. The zero-order chi connectivity index (χ0) is 31.6. The number of hydrogen-bond donors (Lipinski definition) is 2. The van der Waals surface area contributed by atoms with E-state index in [9.17, 15) is 29.7 Å². The van der Waals surface area contributed by atoms with Gasteiger partial charge in [0.2, 0.25) is 0 Å². The zero-order valence-electron chi connectivity index (χ0n) is 27.6. The number of carboxylic acids is 3. The van der Waals surface area contributed by atoms with Gasteiger partial charge in [-0.15, -0.1) is 0 Å². The Hall–Kier alpha value is -1.89. The van der Waals surface area contributed by atoms with Crippen molar-refractivity contribution in [1.82, 2.24) is 0 Å². The van der Waals surface area contributed by atoms with Crippen LogP contribution in [0.3, 0.4) is 0 Å². The summed E-state index contributed by atoms with van der Waals surface area (Å²) >= 11 is 0. The summed E-state index contributed by atoms with van der Waals surface area (Å²) in [5.74, 6) is -3.65. The van der Waals surface area contributed by atoms with Gasteiger partial charge in [-0.25, -0.2) is 9.59 Å². The molecule has 0 heterocycles. The first kappa shape index (κ1) is 40.1. The topological polar surface area (TPSA) is 115 Å². The van der Waals surface area contributed by atoms with Crippen molar-refractivity contribution < 1.29 is 34.2 Å². The first-order valence-electron chi connectivity index (χ1n) is 17.4. The number of nitrogens with zero attached hydrogens (tertiary/aromatic N) is 1. The van der Waals surface area contributed by atoms with E-state index in [1.54, 1.807) is 20.8 Å². The van der Waals surface area contributed by atoms with Crippen LogP contribution in [0, 0.1) is 0 Å². The average molecular weight is 596 g/mol. The van der Waals surface area contributed by atoms with Gasteiger partial charge >= 0.3 is 11.9 Å². The van der Waals surface area contributed by atoms with Crippen molar-refractivity contribution in [2.45, 2.75) is 187 Å². The fraction of sp³-hybridized carbons (Fsp3) is 0.857. The molecule has 0 amide bonds. The number of carbonyl (C=O) groups excluding carboxylic acids is 1. The van der Waals surface area contributed by atoms with Gasteiger partial charge in [-0.05, 0) is 38.5 Å². The second kappa shape index (κ2) is 25.6. The van der Waals surface area contributed by atoms with Gasteiger partial charge in [0, 0.05) is 19.3 Å². The van der Waals surface area contributed by atoms with Crippen LogP contribution in [0.15, 0.2) is 12.2 Å². The first-order valence-corrected chi connectivity index (χ1v) is 17.4. The monoisotopic (exact) mass is 595 g/mol. The van der Waals surface area contributed by atoms with Crippen molar-refractivity contribution in [3.05, 3.63) is 12.2 Å². The van der Waals surface area contributed by atoms with Crippen LogP contribution < -0.4 is 5.11 Å². The summed E-state index contributed by atoms with van der Waals surface area (Å²) in [5.41, 5.74) is 0. The van der Waals surface area contributed by atoms with Gasteiger partial charge in [-0.1, -0.05) is 123 Å². The van der Waals surface area contributed by atoms with E-state index in [1.807, 2.05) is 0 Å². The van der Waals surface area contributed by atoms with E-state index in [4.69, 9.17) is 0 Å². The highest BCUT2D eigenvalue weighted by Crippen LogP contribution is 2.32. The Bertz CT molecular complexity index is 682. The lowest BCUT2D eigenvalue weighted by Crippen LogP contribution is -2.73. The molecule has 0 aromatic carbocycles. The van der Waals surface area contributed by atoms with Gasteiger partial charge in [-0.3, -0.25) is 4.48 Å². The Labute approximate surface area is 257 Å². The van der Waals surface area contributed by atoms with Crippen LogP contribution in [0.25, 0.3) is 0 Å². The fourth-order valence-electron chi connectivity index (χ4n) is 6.78. The van der Waals surface area contributed by atoms with Crippen LogP contribution in [0.4, 0.5) is 0 Å². The van der Waals surface area contributed by atoms with Crippen molar-refractivity contribution in [3.8, 4) is 0 Å². The van der Waals surface area contributed by atoms with E-state index in [1.165, 1.54) is 83.5 Å². The minimum absolute atomic E-state index is 0.129. The molecular weight excluding hydrogens is 530 g/mol. The van der Waals surface area contributed by atoms with Crippen LogP contribution in [0.1, 0.15) is 169 Å². The summed E-state index contributed by atoms with van der Waals surface area (Å²) in [4.78, 5) is 36.7. The molecule has 0 aliphatic heterocycles. The molecule has 42 heavy (non-hydrogen) atoms. The Balaban J connectivity index is 4.39. The predicted octanol–water partition coefficient (Wildman–Crippen LogP) is 8.05. The highest BCUT2D eigenvalue weighted by Gasteiger charge is 2.53. The predicted molar refractivity (Wildman–Crippen MR) is 170 cm³/mol. The molecule has 0 aliphatic carbocycles. The minimum Gasteiger partial charge on any atom is -0.544 e. The SMILES string of the molecule is CCCCCCCCCCC/C=C/CCCCCCCCCC[N+](C(CC)C(=O)[O-])(C(CC)C(=O)O)C(CC)C(=O)O. The maximum absolute atomic E-state index is 12.3. The molecule has 0 fully saturated rings. The standard InChI is InChI=1S/C35H65NO6/c1-5-9-10-11-12-13-14-15-16-17-18-19-20-21-22-23-24-25-26-27-28-29-36(30(6-2)33(37)38,31(7-3)34(39)40)32(8-4)35(41)42/h18-19,30-32H,5-17,20-29H2,1-4H3,(H2-,37,38,39,40,41,42)/b19-18+. The third-order valence-corrected chi connectivity index (χ3v) is 9.05. The molecule has 2 N–H and O–H groups in total. The molecule has 0 bridgehead atoms. The minimum atomic E-state index is -1.37. The summed E-state index contributed by atoms with van der Waals surface area (Å²) in [5, 5.41) is 32.2. The van der Waals surface area contributed by atoms with E-state index in [-0.39, 0.29) is 25.8 Å². The van der Waals surface area contributed by atoms with Gasteiger partial charge in [0.1, 0.15) is 6.04 Å². The molecule has 0 aromatic heterocycles. The van der Waals surface area contributed by atoms with Crippen molar-refractivity contribution in [2.24, 2.45) is 0 Å². The van der Waals surface area contributed by atoms with Gasteiger partial charge in [0.25, 0.3) is 0 Å². The Morgan fingerprint density at radius 2 is 0.881 bits per heavy atom.